The summed E-state index contributed by atoms with van der Waals surface area (Å²) < 4.78 is 3.13. The number of hydrogen-bond acceptors (Lipinski definition) is 4. The normalized spacial score (nSPS) is 11.5. The third-order valence-electron chi connectivity index (χ3n) is 3.10. The maximum Gasteiger partial charge on any atom is 0.271 e. The van der Waals surface area contributed by atoms with Gasteiger partial charge in [-0.1, -0.05) is 29.5 Å². The van der Waals surface area contributed by atoms with E-state index in [0.29, 0.717) is 12.1 Å². The smallest absolute Gasteiger partial charge is 0.271 e. The Balaban J connectivity index is 1.97. The number of pyridine rings is 1. The molecule has 0 aliphatic heterocycles. The molecule has 0 bridgehead atoms. The number of benzene rings is 1. The van der Waals surface area contributed by atoms with Crippen LogP contribution in [-0.4, -0.2) is 15.5 Å². The fraction of sp³-hybridized carbons (Fsp3) is 0.0625. The molecule has 0 atom stereocenters. The molecule has 6 heteroatoms. The lowest BCUT2D eigenvalue weighted by Crippen LogP contribution is -2.24. The first kappa shape index (κ1) is 14.2. The molecular formula is C16H14N4OS. The molecule has 0 saturated carbocycles. The van der Waals surface area contributed by atoms with E-state index in [1.807, 2.05) is 34.9 Å². The summed E-state index contributed by atoms with van der Waals surface area (Å²) >= 11 is 1.52. The average molecular weight is 310 g/mol. The lowest BCUT2D eigenvalue weighted by Gasteiger charge is -2.01. The van der Waals surface area contributed by atoms with E-state index in [9.17, 15) is 4.79 Å². The molecular weight excluding hydrogens is 296 g/mol. The van der Waals surface area contributed by atoms with Crippen molar-refractivity contribution in [1.82, 2.24) is 15.0 Å². The lowest BCUT2D eigenvalue weighted by atomic mass is 10.3. The summed E-state index contributed by atoms with van der Waals surface area (Å²) in [7, 11) is 0. The topological polar surface area (TPSA) is 59.3 Å². The summed E-state index contributed by atoms with van der Waals surface area (Å²) in [6.45, 7) is 4.41. The first-order valence-corrected chi connectivity index (χ1v) is 7.54. The van der Waals surface area contributed by atoms with E-state index < -0.39 is 0 Å². The Kier molecular flexibility index (Phi) is 4.11. The maximum atomic E-state index is 12.0. The molecule has 1 amide bonds. The number of nitrogens with zero attached hydrogens (tertiary/aromatic N) is 3. The van der Waals surface area contributed by atoms with E-state index in [2.05, 4.69) is 22.1 Å². The largest absolute Gasteiger partial charge is 0.311 e. The van der Waals surface area contributed by atoms with E-state index >= 15 is 0 Å². The zero-order valence-corrected chi connectivity index (χ0v) is 12.6. The third-order valence-corrected chi connectivity index (χ3v) is 4.15. The molecule has 2 heterocycles. The Labute approximate surface area is 131 Å². The molecule has 1 N–H and O–H groups in total. The van der Waals surface area contributed by atoms with Gasteiger partial charge in [-0.2, -0.15) is 0 Å². The number of fused-ring (bicyclic) bond motifs is 1. The number of aromatic nitrogens is 2. The minimum atomic E-state index is -0.259. The van der Waals surface area contributed by atoms with Crippen LogP contribution in [0.15, 0.2) is 66.5 Å². The monoisotopic (exact) mass is 310 g/mol. The van der Waals surface area contributed by atoms with Gasteiger partial charge in [0.25, 0.3) is 5.91 Å². The highest BCUT2D eigenvalue weighted by molar-refractivity contribution is 7.16. The van der Waals surface area contributed by atoms with Crippen molar-refractivity contribution < 1.29 is 4.79 Å². The van der Waals surface area contributed by atoms with Crippen LogP contribution in [0.4, 0.5) is 0 Å². The van der Waals surface area contributed by atoms with Crippen molar-refractivity contribution in [3.05, 3.63) is 71.8 Å². The van der Waals surface area contributed by atoms with Crippen LogP contribution in [0.3, 0.4) is 0 Å². The molecule has 0 aliphatic carbocycles. The van der Waals surface area contributed by atoms with Crippen LogP contribution in [-0.2, 0) is 6.54 Å². The molecule has 5 nitrogen and oxygen atoms in total. The number of amides is 1. The molecule has 3 rings (SSSR count). The van der Waals surface area contributed by atoms with E-state index in [1.54, 1.807) is 24.5 Å². The van der Waals surface area contributed by atoms with Gasteiger partial charge in [-0.15, -0.1) is 11.7 Å². The molecule has 0 unspecified atom stereocenters. The van der Waals surface area contributed by atoms with Crippen LogP contribution in [0, 0.1) is 0 Å². The van der Waals surface area contributed by atoms with Crippen molar-refractivity contribution in [3.8, 4) is 0 Å². The van der Waals surface area contributed by atoms with E-state index in [-0.39, 0.29) is 5.91 Å². The number of carbonyl (C=O) groups is 1. The number of carbonyl (C=O) groups excluding carboxylic acids is 1. The van der Waals surface area contributed by atoms with Gasteiger partial charge in [0.05, 0.1) is 10.2 Å². The van der Waals surface area contributed by atoms with Crippen LogP contribution in [0.2, 0.25) is 0 Å². The van der Waals surface area contributed by atoms with Gasteiger partial charge >= 0.3 is 0 Å². The predicted molar refractivity (Wildman–Crippen MR) is 87.3 cm³/mol. The second kappa shape index (κ2) is 6.36. The van der Waals surface area contributed by atoms with Crippen LogP contribution in [0.1, 0.15) is 10.4 Å². The Morgan fingerprint density at radius 2 is 2.09 bits per heavy atom. The summed E-state index contributed by atoms with van der Waals surface area (Å²) in [6, 6.07) is 11.3. The molecule has 0 saturated heterocycles. The van der Waals surface area contributed by atoms with Crippen molar-refractivity contribution in [3.63, 3.8) is 0 Å². The van der Waals surface area contributed by atoms with E-state index in [0.717, 1.165) is 15.0 Å². The fourth-order valence-electron chi connectivity index (χ4n) is 2.08. The number of rotatable bonds is 4. The number of allylic oxidation sites excluding steroid dienone is 1. The van der Waals surface area contributed by atoms with Crippen LogP contribution in [0.25, 0.3) is 10.2 Å². The van der Waals surface area contributed by atoms with Crippen molar-refractivity contribution in [2.24, 2.45) is 5.10 Å². The fourth-order valence-corrected chi connectivity index (χ4v) is 3.08. The Morgan fingerprint density at radius 1 is 1.32 bits per heavy atom. The van der Waals surface area contributed by atoms with Gasteiger partial charge < -0.3 is 4.57 Å². The lowest BCUT2D eigenvalue weighted by molar-refractivity contribution is 0.0953. The molecule has 0 fully saturated rings. The molecule has 0 aliphatic rings. The highest BCUT2D eigenvalue weighted by Gasteiger charge is 2.06. The standard InChI is InChI=1S/C16H14N4OS/c1-2-11-20-13-5-3-4-6-14(13)22-16(20)19-18-15(21)12-7-9-17-10-8-12/h2-10H,1,11H2,(H,18,21)/b19-16+. The van der Waals surface area contributed by atoms with Gasteiger partial charge in [0.2, 0.25) is 4.80 Å². The maximum absolute atomic E-state index is 12.0. The van der Waals surface area contributed by atoms with E-state index in [1.165, 1.54) is 11.3 Å². The van der Waals surface area contributed by atoms with Gasteiger partial charge in [-0.3, -0.25) is 9.78 Å². The van der Waals surface area contributed by atoms with Gasteiger partial charge in [0.15, 0.2) is 0 Å². The van der Waals surface area contributed by atoms with Gasteiger partial charge in [-0.05, 0) is 24.3 Å². The van der Waals surface area contributed by atoms with E-state index in [4.69, 9.17) is 0 Å². The highest BCUT2D eigenvalue weighted by atomic mass is 32.1. The van der Waals surface area contributed by atoms with Gasteiger partial charge in [-0.25, -0.2) is 5.43 Å². The first-order valence-electron chi connectivity index (χ1n) is 6.73. The van der Waals surface area contributed by atoms with Crippen molar-refractivity contribution in [1.29, 1.82) is 0 Å². The highest BCUT2D eigenvalue weighted by Crippen LogP contribution is 2.16. The minimum Gasteiger partial charge on any atom is -0.311 e. The summed E-state index contributed by atoms with van der Waals surface area (Å²) in [5.41, 5.74) is 4.19. The Hall–Kier alpha value is -2.73. The molecule has 1 aromatic carbocycles. The van der Waals surface area contributed by atoms with Crippen molar-refractivity contribution in [2.45, 2.75) is 6.54 Å². The molecule has 110 valence electrons. The summed E-state index contributed by atoms with van der Waals surface area (Å²) in [5.74, 6) is -0.259. The Bertz CT molecular complexity index is 880. The third kappa shape index (κ3) is 2.82. The predicted octanol–water partition coefficient (Wildman–Crippen LogP) is 2.53. The second-order valence-corrected chi connectivity index (χ2v) is 5.55. The van der Waals surface area contributed by atoms with Crippen molar-refractivity contribution in [2.75, 3.05) is 0 Å². The second-order valence-electron chi connectivity index (χ2n) is 4.54. The molecule has 2 aromatic heterocycles. The summed E-state index contributed by atoms with van der Waals surface area (Å²) in [6.07, 6.45) is 4.96. The van der Waals surface area contributed by atoms with Gasteiger partial charge in [0.1, 0.15) is 0 Å². The molecule has 0 spiro atoms. The number of para-hydroxylation sites is 1. The van der Waals surface area contributed by atoms with Crippen LogP contribution < -0.4 is 10.2 Å². The average Bonchev–Trinajstić information content (AvgIpc) is 2.92. The Morgan fingerprint density at radius 3 is 2.86 bits per heavy atom. The zero-order chi connectivity index (χ0) is 15.4. The van der Waals surface area contributed by atoms with Crippen molar-refractivity contribution >= 4 is 27.5 Å². The first-order chi connectivity index (χ1) is 10.8. The van der Waals surface area contributed by atoms with Crippen LogP contribution in [0.5, 0.6) is 0 Å². The number of thiazole rings is 1. The quantitative estimate of drug-likeness (QED) is 0.594. The number of hydrogen-bond donors (Lipinski definition) is 1. The molecule has 3 aromatic rings. The zero-order valence-electron chi connectivity index (χ0n) is 11.8. The minimum absolute atomic E-state index is 0.259. The SMILES string of the molecule is C=CCn1/c(=N\NC(=O)c2ccncc2)sc2ccccc21. The molecule has 22 heavy (non-hydrogen) atoms. The van der Waals surface area contributed by atoms with Crippen LogP contribution >= 0.6 is 11.3 Å². The molecule has 0 radical (unpaired) electrons. The van der Waals surface area contributed by atoms with Gasteiger partial charge in [0, 0.05) is 24.5 Å². The summed E-state index contributed by atoms with van der Waals surface area (Å²) in [5, 5.41) is 4.25. The summed E-state index contributed by atoms with van der Waals surface area (Å²) in [4.78, 5) is 16.7. The number of nitrogens with one attached hydrogen (secondary N) is 1.